The summed E-state index contributed by atoms with van der Waals surface area (Å²) in [5, 5.41) is 0. The van der Waals surface area contributed by atoms with Crippen molar-refractivity contribution in [2.45, 2.75) is 13.3 Å². The van der Waals surface area contributed by atoms with Crippen LogP contribution in [-0.2, 0) is 6.42 Å². The van der Waals surface area contributed by atoms with Gasteiger partial charge in [0.05, 0.1) is 5.69 Å². The van der Waals surface area contributed by atoms with Crippen LogP contribution >= 0.6 is 0 Å². The molecule has 2 N–H and O–H groups in total. The molecule has 0 fully saturated rings. The fourth-order valence-corrected chi connectivity index (χ4v) is 1.47. The monoisotopic (exact) mass is 175 g/mol. The summed E-state index contributed by atoms with van der Waals surface area (Å²) in [5.41, 5.74) is 8.78. The molecular weight excluding hydrogens is 162 g/mol. The van der Waals surface area contributed by atoms with Crippen molar-refractivity contribution in [3.8, 4) is 0 Å². The van der Waals surface area contributed by atoms with Crippen molar-refractivity contribution in [1.29, 1.82) is 0 Å². The molecule has 0 aromatic carbocycles. The Morgan fingerprint density at radius 3 is 3.15 bits per heavy atom. The van der Waals surface area contributed by atoms with E-state index in [1.165, 1.54) is 5.56 Å². The zero-order valence-electron chi connectivity index (χ0n) is 7.70. The lowest BCUT2D eigenvalue weighted by atomic mass is 10.2. The third kappa shape index (κ3) is 1.55. The van der Waals surface area contributed by atoms with Gasteiger partial charge in [-0.1, -0.05) is 0 Å². The van der Waals surface area contributed by atoms with Crippen molar-refractivity contribution >= 4 is 5.65 Å². The molecule has 3 heteroatoms. The largest absolute Gasteiger partial charge is 0.330 e. The number of nitrogens with zero attached hydrogens (tertiary/aromatic N) is 2. The Hall–Kier alpha value is -1.35. The third-order valence-electron chi connectivity index (χ3n) is 2.08. The fourth-order valence-electron chi connectivity index (χ4n) is 1.47. The van der Waals surface area contributed by atoms with Gasteiger partial charge in [0.15, 0.2) is 0 Å². The Morgan fingerprint density at radius 2 is 2.38 bits per heavy atom. The molecule has 0 saturated heterocycles. The number of aromatic nitrogens is 2. The van der Waals surface area contributed by atoms with Crippen LogP contribution in [0.2, 0.25) is 0 Å². The molecule has 13 heavy (non-hydrogen) atoms. The van der Waals surface area contributed by atoms with Gasteiger partial charge in [-0.05, 0) is 37.6 Å². The first kappa shape index (κ1) is 8.26. The maximum absolute atomic E-state index is 5.48. The molecular formula is C10H13N3. The molecule has 0 aliphatic carbocycles. The molecule has 3 nitrogen and oxygen atoms in total. The van der Waals surface area contributed by atoms with Crippen molar-refractivity contribution in [3.05, 3.63) is 35.8 Å². The average molecular weight is 175 g/mol. The maximum Gasteiger partial charge on any atom is 0.137 e. The standard InChI is InChI=1S/C10H13N3/c1-8-7-13-5-3-9(2-4-11)6-10(13)12-8/h3,5-7H,2,4,11H2,1H3. The highest BCUT2D eigenvalue weighted by Crippen LogP contribution is 2.07. The molecule has 0 atom stereocenters. The van der Waals surface area contributed by atoms with E-state index < -0.39 is 0 Å². The lowest BCUT2D eigenvalue weighted by Gasteiger charge is -1.98. The van der Waals surface area contributed by atoms with Crippen molar-refractivity contribution in [2.75, 3.05) is 6.54 Å². The number of hydrogen-bond acceptors (Lipinski definition) is 2. The Labute approximate surface area is 77.2 Å². The van der Waals surface area contributed by atoms with Crippen LogP contribution in [0.3, 0.4) is 0 Å². The summed E-state index contributed by atoms with van der Waals surface area (Å²) < 4.78 is 2.02. The topological polar surface area (TPSA) is 43.3 Å². The van der Waals surface area contributed by atoms with Crippen LogP contribution in [0.4, 0.5) is 0 Å². The molecule has 0 spiro atoms. The second-order valence-electron chi connectivity index (χ2n) is 3.22. The Bertz CT molecular complexity index is 417. The quantitative estimate of drug-likeness (QED) is 0.744. The van der Waals surface area contributed by atoms with E-state index in [0.717, 1.165) is 17.8 Å². The first-order chi connectivity index (χ1) is 6.29. The van der Waals surface area contributed by atoms with Gasteiger partial charge in [-0.15, -0.1) is 0 Å². The first-order valence-electron chi connectivity index (χ1n) is 4.44. The number of rotatable bonds is 2. The zero-order valence-corrected chi connectivity index (χ0v) is 7.70. The first-order valence-corrected chi connectivity index (χ1v) is 4.44. The number of fused-ring (bicyclic) bond motifs is 1. The van der Waals surface area contributed by atoms with E-state index >= 15 is 0 Å². The summed E-state index contributed by atoms with van der Waals surface area (Å²) in [6.45, 7) is 2.69. The Kier molecular flexibility index (Phi) is 2.02. The van der Waals surface area contributed by atoms with Crippen LogP contribution in [0.25, 0.3) is 5.65 Å². The molecule has 0 unspecified atom stereocenters. The van der Waals surface area contributed by atoms with Gasteiger partial charge in [-0.3, -0.25) is 0 Å². The van der Waals surface area contributed by atoms with Crippen LogP contribution in [0.1, 0.15) is 11.3 Å². The van der Waals surface area contributed by atoms with Gasteiger partial charge < -0.3 is 10.1 Å². The van der Waals surface area contributed by atoms with Crippen molar-refractivity contribution in [2.24, 2.45) is 5.73 Å². The minimum absolute atomic E-state index is 0.690. The highest BCUT2D eigenvalue weighted by molar-refractivity contribution is 5.42. The van der Waals surface area contributed by atoms with Crippen molar-refractivity contribution < 1.29 is 0 Å². The third-order valence-corrected chi connectivity index (χ3v) is 2.08. The summed E-state index contributed by atoms with van der Waals surface area (Å²) in [6.07, 6.45) is 4.96. The summed E-state index contributed by atoms with van der Waals surface area (Å²) in [4.78, 5) is 4.38. The van der Waals surface area contributed by atoms with Crippen molar-refractivity contribution in [1.82, 2.24) is 9.38 Å². The fraction of sp³-hybridized carbons (Fsp3) is 0.300. The number of pyridine rings is 1. The Balaban J connectivity index is 2.48. The number of aryl methyl sites for hydroxylation is 1. The molecule has 0 radical (unpaired) electrons. The molecule has 2 aromatic rings. The normalized spacial score (nSPS) is 10.9. The lowest BCUT2D eigenvalue weighted by molar-refractivity contribution is 0.962. The summed E-state index contributed by atoms with van der Waals surface area (Å²) in [6, 6.07) is 4.17. The van der Waals surface area contributed by atoms with E-state index in [9.17, 15) is 0 Å². The maximum atomic E-state index is 5.48. The molecule has 68 valence electrons. The highest BCUT2D eigenvalue weighted by Gasteiger charge is 1.98. The summed E-state index contributed by atoms with van der Waals surface area (Å²) in [5.74, 6) is 0. The molecule has 0 saturated carbocycles. The Morgan fingerprint density at radius 1 is 1.54 bits per heavy atom. The summed E-state index contributed by atoms with van der Waals surface area (Å²) >= 11 is 0. The van der Waals surface area contributed by atoms with Crippen LogP contribution in [0, 0.1) is 6.92 Å². The van der Waals surface area contributed by atoms with E-state index in [4.69, 9.17) is 5.73 Å². The van der Waals surface area contributed by atoms with E-state index in [-0.39, 0.29) is 0 Å². The highest BCUT2D eigenvalue weighted by atomic mass is 15.0. The van der Waals surface area contributed by atoms with Crippen LogP contribution in [0.15, 0.2) is 24.5 Å². The van der Waals surface area contributed by atoms with Crippen LogP contribution < -0.4 is 5.73 Å². The van der Waals surface area contributed by atoms with Crippen LogP contribution in [0.5, 0.6) is 0 Å². The molecule has 2 heterocycles. The minimum atomic E-state index is 0.690. The number of hydrogen-bond donors (Lipinski definition) is 1. The SMILES string of the molecule is Cc1cn2ccc(CCN)cc2n1. The minimum Gasteiger partial charge on any atom is -0.330 e. The van der Waals surface area contributed by atoms with E-state index in [2.05, 4.69) is 17.1 Å². The van der Waals surface area contributed by atoms with Gasteiger partial charge in [0.1, 0.15) is 5.65 Å². The number of imidazole rings is 1. The molecule has 0 aliphatic heterocycles. The van der Waals surface area contributed by atoms with E-state index in [1.54, 1.807) is 0 Å². The smallest absolute Gasteiger partial charge is 0.137 e. The van der Waals surface area contributed by atoms with E-state index in [0.29, 0.717) is 6.54 Å². The predicted octanol–water partition coefficient (Wildman–Crippen LogP) is 1.14. The van der Waals surface area contributed by atoms with Crippen LogP contribution in [-0.4, -0.2) is 15.9 Å². The molecule has 0 aliphatic rings. The molecule has 2 rings (SSSR count). The molecule has 2 aromatic heterocycles. The predicted molar refractivity (Wildman–Crippen MR) is 52.7 cm³/mol. The second-order valence-corrected chi connectivity index (χ2v) is 3.22. The lowest BCUT2D eigenvalue weighted by Crippen LogP contribution is -2.02. The van der Waals surface area contributed by atoms with Gasteiger partial charge in [0.2, 0.25) is 0 Å². The summed E-state index contributed by atoms with van der Waals surface area (Å²) in [7, 11) is 0. The van der Waals surface area contributed by atoms with Crippen molar-refractivity contribution in [3.63, 3.8) is 0 Å². The van der Waals surface area contributed by atoms with Gasteiger partial charge in [0, 0.05) is 12.4 Å². The molecule has 0 bridgehead atoms. The van der Waals surface area contributed by atoms with E-state index in [1.807, 2.05) is 23.7 Å². The second kappa shape index (κ2) is 3.18. The van der Waals surface area contributed by atoms with Gasteiger partial charge in [-0.25, -0.2) is 4.98 Å². The average Bonchev–Trinajstić information content (AvgIpc) is 2.44. The van der Waals surface area contributed by atoms with Gasteiger partial charge in [-0.2, -0.15) is 0 Å². The zero-order chi connectivity index (χ0) is 9.26. The van der Waals surface area contributed by atoms with Gasteiger partial charge in [0.25, 0.3) is 0 Å². The molecule has 0 amide bonds. The number of nitrogens with two attached hydrogens (primary N) is 1. The van der Waals surface area contributed by atoms with Gasteiger partial charge >= 0.3 is 0 Å².